The van der Waals surface area contributed by atoms with Crippen LogP contribution in [0, 0.1) is 0 Å². The Morgan fingerprint density at radius 1 is 0.704 bits per heavy atom. The minimum Gasteiger partial charge on any atom is -0.294 e. The van der Waals surface area contributed by atoms with Gasteiger partial charge in [-0.3, -0.25) is 4.40 Å². The number of rotatable bonds is 3. The minimum absolute atomic E-state index is 0.138. The summed E-state index contributed by atoms with van der Waals surface area (Å²) in [4.78, 5) is 5.29. The molecule has 2 aromatic carbocycles. The second kappa shape index (κ2) is 7.75. The number of nitrogens with zero attached hydrogens (tertiary/aromatic N) is 2. The van der Waals surface area contributed by atoms with Gasteiger partial charge >= 0.3 is 0 Å². The van der Waals surface area contributed by atoms with Gasteiger partial charge in [-0.2, -0.15) is 0 Å². The number of hydrogen-bond donors (Lipinski definition) is 0. The first-order chi connectivity index (χ1) is 13.0. The third kappa shape index (κ3) is 3.42. The Bertz CT molecular complexity index is 1130. The maximum Gasteiger partial charge on any atom is 0.138 e. The van der Waals surface area contributed by atoms with Crippen molar-refractivity contribution >= 4 is 75.4 Å². The summed E-state index contributed by atoms with van der Waals surface area (Å²) in [6.45, 7) is 0. The highest BCUT2D eigenvalue weighted by Crippen LogP contribution is 2.50. The Hall–Kier alpha value is -1.07. The average Bonchev–Trinajstić information content (AvgIpc) is 3.07. The lowest BCUT2D eigenvalue weighted by molar-refractivity contribution is 1.05. The molecule has 0 N–H and O–H groups in total. The summed E-state index contributed by atoms with van der Waals surface area (Å²) in [7, 11) is 0. The topological polar surface area (TPSA) is 17.3 Å². The van der Waals surface area contributed by atoms with Gasteiger partial charge in [-0.15, -0.1) is 0 Å². The molecule has 0 bridgehead atoms. The molecule has 8 heteroatoms. The van der Waals surface area contributed by atoms with E-state index in [1.54, 1.807) is 0 Å². The predicted molar refractivity (Wildman–Crippen MR) is 116 cm³/mol. The van der Waals surface area contributed by atoms with Gasteiger partial charge in [0.15, 0.2) is 0 Å². The third-order valence-corrected chi connectivity index (χ3v) is 7.60. The van der Waals surface area contributed by atoms with Gasteiger partial charge in [-0.05, 0) is 12.1 Å². The zero-order valence-corrected chi connectivity index (χ0v) is 18.0. The van der Waals surface area contributed by atoms with Crippen molar-refractivity contribution in [1.82, 2.24) is 9.38 Å². The molecule has 4 rings (SSSR count). The van der Waals surface area contributed by atoms with Crippen molar-refractivity contribution in [1.29, 1.82) is 0 Å². The van der Waals surface area contributed by atoms with Crippen LogP contribution >= 0.6 is 69.8 Å². The van der Waals surface area contributed by atoms with E-state index in [0.29, 0.717) is 4.90 Å². The monoisotopic (exact) mass is 472 g/mol. The van der Waals surface area contributed by atoms with Gasteiger partial charge in [0.25, 0.3) is 0 Å². The summed E-state index contributed by atoms with van der Waals surface area (Å²) in [5.41, 5.74) is 2.58. The third-order valence-electron chi connectivity index (χ3n) is 3.90. The van der Waals surface area contributed by atoms with Crippen molar-refractivity contribution in [2.24, 2.45) is 0 Å². The van der Waals surface area contributed by atoms with E-state index in [1.807, 2.05) is 59.1 Å². The molecule has 4 aromatic rings. The highest BCUT2D eigenvalue weighted by Gasteiger charge is 2.23. The fraction of sp³-hybridized carbons (Fsp3) is 0. The summed E-state index contributed by atoms with van der Waals surface area (Å²) in [5.74, 6) is 0. The van der Waals surface area contributed by atoms with E-state index in [-0.39, 0.29) is 25.1 Å². The van der Waals surface area contributed by atoms with Crippen molar-refractivity contribution in [2.75, 3.05) is 0 Å². The van der Waals surface area contributed by atoms with Crippen molar-refractivity contribution in [3.05, 3.63) is 79.8 Å². The van der Waals surface area contributed by atoms with Crippen LogP contribution in [0.15, 0.2) is 64.6 Å². The molecule has 0 saturated carbocycles. The SMILES string of the molecule is Clc1c(Cl)c(Cl)c(Sc2c(-c3ccccc3)nc3ccccn23)c(Cl)c1Cl. The lowest BCUT2D eigenvalue weighted by atomic mass is 10.2. The maximum atomic E-state index is 6.43. The van der Waals surface area contributed by atoms with Gasteiger partial charge in [0, 0.05) is 11.8 Å². The Morgan fingerprint density at radius 3 is 1.96 bits per heavy atom. The molecule has 0 fully saturated rings. The van der Waals surface area contributed by atoms with Gasteiger partial charge in [-0.25, -0.2) is 4.98 Å². The molecule has 2 aromatic heterocycles. The van der Waals surface area contributed by atoms with Crippen LogP contribution in [0.5, 0.6) is 0 Å². The van der Waals surface area contributed by atoms with Crippen LogP contribution in [-0.2, 0) is 0 Å². The summed E-state index contributed by atoms with van der Waals surface area (Å²) in [5, 5.41) is 1.83. The average molecular weight is 475 g/mol. The van der Waals surface area contributed by atoms with E-state index in [4.69, 9.17) is 63.0 Å². The van der Waals surface area contributed by atoms with Crippen molar-refractivity contribution in [2.45, 2.75) is 9.92 Å². The number of aromatic nitrogens is 2. The molecule has 0 radical (unpaired) electrons. The molecular formula is C19H9Cl5N2S. The van der Waals surface area contributed by atoms with Gasteiger partial charge in [-0.1, -0.05) is 106 Å². The lowest BCUT2D eigenvalue weighted by Crippen LogP contribution is -1.89. The van der Waals surface area contributed by atoms with Gasteiger partial charge < -0.3 is 0 Å². The first-order valence-electron chi connectivity index (χ1n) is 7.71. The number of pyridine rings is 1. The normalized spacial score (nSPS) is 11.3. The zero-order chi connectivity index (χ0) is 19.1. The van der Waals surface area contributed by atoms with Crippen molar-refractivity contribution in [3.63, 3.8) is 0 Å². The van der Waals surface area contributed by atoms with E-state index < -0.39 is 0 Å². The van der Waals surface area contributed by atoms with Crippen LogP contribution in [0.3, 0.4) is 0 Å². The summed E-state index contributed by atoms with van der Waals surface area (Å²) < 4.78 is 1.97. The van der Waals surface area contributed by atoms with Crippen LogP contribution in [-0.4, -0.2) is 9.38 Å². The zero-order valence-electron chi connectivity index (χ0n) is 13.4. The van der Waals surface area contributed by atoms with Crippen LogP contribution in [0.25, 0.3) is 16.9 Å². The molecular weight excluding hydrogens is 466 g/mol. The Labute approximate surface area is 185 Å². The van der Waals surface area contributed by atoms with E-state index in [9.17, 15) is 0 Å². The lowest BCUT2D eigenvalue weighted by Gasteiger charge is -2.12. The Balaban J connectivity index is 1.96. The highest BCUT2D eigenvalue weighted by atomic mass is 35.5. The Morgan fingerprint density at radius 2 is 1.30 bits per heavy atom. The summed E-state index contributed by atoms with van der Waals surface area (Å²) >= 11 is 32.8. The number of fused-ring (bicyclic) bond motifs is 1. The number of benzene rings is 2. The van der Waals surface area contributed by atoms with Crippen LogP contribution < -0.4 is 0 Å². The number of hydrogen-bond acceptors (Lipinski definition) is 2. The molecule has 0 amide bonds. The molecule has 0 aliphatic rings. The first kappa shape index (κ1) is 19.3. The molecule has 2 nitrogen and oxygen atoms in total. The van der Waals surface area contributed by atoms with Crippen LogP contribution in [0.2, 0.25) is 25.1 Å². The van der Waals surface area contributed by atoms with E-state index in [0.717, 1.165) is 21.9 Å². The van der Waals surface area contributed by atoms with Crippen molar-refractivity contribution < 1.29 is 0 Å². The Kier molecular flexibility index (Phi) is 5.52. The molecule has 0 aliphatic heterocycles. The fourth-order valence-corrected chi connectivity index (χ4v) is 5.20. The van der Waals surface area contributed by atoms with E-state index in [1.165, 1.54) is 11.8 Å². The largest absolute Gasteiger partial charge is 0.294 e. The number of imidazole rings is 1. The maximum absolute atomic E-state index is 6.43. The van der Waals surface area contributed by atoms with Crippen molar-refractivity contribution in [3.8, 4) is 11.3 Å². The second-order valence-electron chi connectivity index (χ2n) is 5.56. The predicted octanol–water partition coefficient (Wildman–Crippen LogP) is 8.42. The summed E-state index contributed by atoms with van der Waals surface area (Å²) in [6.07, 6.45) is 1.93. The fourth-order valence-electron chi connectivity index (χ4n) is 2.63. The highest BCUT2D eigenvalue weighted by molar-refractivity contribution is 7.99. The van der Waals surface area contributed by atoms with Gasteiger partial charge in [0.2, 0.25) is 0 Å². The molecule has 0 spiro atoms. The van der Waals surface area contributed by atoms with E-state index in [2.05, 4.69) is 0 Å². The smallest absolute Gasteiger partial charge is 0.138 e. The van der Waals surface area contributed by atoms with Gasteiger partial charge in [0.05, 0.1) is 30.0 Å². The molecule has 0 unspecified atom stereocenters. The van der Waals surface area contributed by atoms with Gasteiger partial charge in [0.1, 0.15) is 16.4 Å². The van der Waals surface area contributed by atoms with Crippen LogP contribution in [0.4, 0.5) is 0 Å². The quantitative estimate of drug-likeness (QED) is 0.219. The van der Waals surface area contributed by atoms with E-state index >= 15 is 0 Å². The molecule has 0 saturated heterocycles. The molecule has 0 atom stereocenters. The molecule has 136 valence electrons. The van der Waals surface area contributed by atoms with Crippen LogP contribution in [0.1, 0.15) is 0 Å². The number of halogens is 5. The molecule has 2 heterocycles. The standard InChI is InChI=1S/C19H9Cl5N2S/c20-12-13(21)15(23)18(16(24)14(12)22)27-19-17(10-6-2-1-3-7-10)25-11-8-4-5-9-26(11)19/h1-9H. The minimum atomic E-state index is 0.138. The molecule has 27 heavy (non-hydrogen) atoms. The second-order valence-corrected chi connectivity index (χ2v) is 8.45. The molecule has 0 aliphatic carbocycles. The first-order valence-corrected chi connectivity index (χ1v) is 10.4. The summed E-state index contributed by atoms with van der Waals surface area (Å²) in [6, 6.07) is 15.7.